The number of hydrogen-bond acceptors (Lipinski definition) is 4. The first kappa shape index (κ1) is 21.2. The van der Waals surface area contributed by atoms with Crippen LogP contribution in [0.4, 0.5) is 11.4 Å². The molecule has 0 radical (unpaired) electrons. The van der Waals surface area contributed by atoms with Crippen molar-refractivity contribution in [3.63, 3.8) is 0 Å². The second-order valence-electron chi connectivity index (χ2n) is 6.26. The van der Waals surface area contributed by atoms with E-state index in [0.29, 0.717) is 40.1 Å². The van der Waals surface area contributed by atoms with Crippen LogP contribution in [0.25, 0.3) is 0 Å². The Morgan fingerprint density at radius 3 is 2.30 bits per heavy atom. The third-order valence-corrected chi connectivity index (χ3v) is 4.50. The van der Waals surface area contributed by atoms with Crippen LogP contribution in [-0.4, -0.2) is 25.5 Å². The van der Waals surface area contributed by atoms with Gasteiger partial charge in [-0.3, -0.25) is 9.59 Å². The van der Waals surface area contributed by atoms with Crippen molar-refractivity contribution in [3.05, 3.63) is 82.9 Å². The predicted molar refractivity (Wildman–Crippen MR) is 118 cm³/mol. The van der Waals surface area contributed by atoms with Crippen molar-refractivity contribution in [1.82, 2.24) is 0 Å². The standard InChI is InChI=1S/C23H21ClN2O4/c1-3-30-21-7-5-4-6-20(21)26-23(28)18-14-16(24)10-13-19(18)25-22(27)15-8-11-17(29-2)12-9-15/h4-14H,3H2,1-2H3,(H,25,27)(H,26,28). The van der Waals surface area contributed by atoms with E-state index < -0.39 is 5.91 Å². The lowest BCUT2D eigenvalue weighted by Crippen LogP contribution is -2.18. The summed E-state index contributed by atoms with van der Waals surface area (Å²) in [4.78, 5) is 25.6. The van der Waals surface area contributed by atoms with E-state index in [-0.39, 0.29) is 11.5 Å². The molecule has 30 heavy (non-hydrogen) atoms. The first-order chi connectivity index (χ1) is 14.5. The molecule has 0 bridgehead atoms. The summed E-state index contributed by atoms with van der Waals surface area (Å²) in [7, 11) is 1.55. The number of carbonyl (C=O) groups excluding carboxylic acids is 2. The lowest BCUT2D eigenvalue weighted by molar-refractivity contribution is 0.102. The Morgan fingerprint density at radius 1 is 0.900 bits per heavy atom. The zero-order valence-electron chi connectivity index (χ0n) is 16.6. The van der Waals surface area contributed by atoms with Gasteiger partial charge >= 0.3 is 0 Å². The van der Waals surface area contributed by atoms with E-state index in [4.69, 9.17) is 21.1 Å². The molecule has 6 nitrogen and oxygen atoms in total. The average Bonchev–Trinajstić information content (AvgIpc) is 2.76. The average molecular weight is 425 g/mol. The van der Waals surface area contributed by atoms with Gasteiger partial charge in [0.2, 0.25) is 0 Å². The molecule has 2 amide bonds. The third kappa shape index (κ3) is 5.10. The van der Waals surface area contributed by atoms with E-state index in [9.17, 15) is 9.59 Å². The summed E-state index contributed by atoms with van der Waals surface area (Å²) in [5.74, 6) is 0.420. The molecule has 0 unspecified atom stereocenters. The fourth-order valence-electron chi connectivity index (χ4n) is 2.79. The summed E-state index contributed by atoms with van der Waals surface area (Å²) in [6.45, 7) is 2.33. The fourth-order valence-corrected chi connectivity index (χ4v) is 2.96. The second-order valence-corrected chi connectivity index (χ2v) is 6.69. The summed E-state index contributed by atoms with van der Waals surface area (Å²) in [6, 6.07) is 18.5. The Morgan fingerprint density at radius 2 is 1.60 bits per heavy atom. The van der Waals surface area contributed by atoms with E-state index in [0.717, 1.165) is 0 Å². The molecule has 0 atom stereocenters. The maximum atomic E-state index is 13.0. The highest BCUT2D eigenvalue weighted by molar-refractivity contribution is 6.31. The van der Waals surface area contributed by atoms with Crippen LogP contribution in [-0.2, 0) is 0 Å². The molecule has 2 N–H and O–H groups in total. The number of amides is 2. The number of ether oxygens (including phenoxy) is 2. The molecule has 3 aromatic rings. The predicted octanol–water partition coefficient (Wildman–Crippen LogP) is 5.25. The molecular weight excluding hydrogens is 404 g/mol. The molecule has 0 spiro atoms. The molecule has 0 fully saturated rings. The van der Waals surface area contributed by atoms with Crippen molar-refractivity contribution in [2.45, 2.75) is 6.92 Å². The van der Waals surface area contributed by atoms with Gasteiger partial charge in [0.15, 0.2) is 0 Å². The van der Waals surface area contributed by atoms with Gasteiger partial charge in [-0.15, -0.1) is 0 Å². The van der Waals surface area contributed by atoms with Crippen molar-refractivity contribution in [2.24, 2.45) is 0 Å². The van der Waals surface area contributed by atoms with Crippen LogP contribution in [0.3, 0.4) is 0 Å². The van der Waals surface area contributed by atoms with Gasteiger partial charge in [-0.1, -0.05) is 23.7 Å². The molecule has 0 saturated heterocycles. The Labute approximate surface area is 179 Å². The zero-order valence-corrected chi connectivity index (χ0v) is 17.3. The van der Waals surface area contributed by atoms with Crippen LogP contribution in [0, 0.1) is 0 Å². The SMILES string of the molecule is CCOc1ccccc1NC(=O)c1cc(Cl)ccc1NC(=O)c1ccc(OC)cc1. The number of nitrogens with one attached hydrogen (secondary N) is 2. The van der Waals surface area contributed by atoms with E-state index in [1.807, 2.05) is 13.0 Å². The minimum atomic E-state index is -0.422. The smallest absolute Gasteiger partial charge is 0.257 e. The van der Waals surface area contributed by atoms with Crippen molar-refractivity contribution in [3.8, 4) is 11.5 Å². The van der Waals surface area contributed by atoms with Crippen molar-refractivity contribution in [2.75, 3.05) is 24.4 Å². The number of methoxy groups -OCH3 is 1. The van der Waals surface area contributed by atoms with E-state index >= 15 is 0 Å². The second kappa shape index (κ2) is 9.80. The van der Waals surface area contributed by atoms with Crippen molar-refractivity contribution < 1.29 is 19.1 Å². The molecule has 7 heteroatoms. The fraction of sp³-hybridized carbons (Fsp3) is 0.130. The lowest BCUT2D eigenvalue weighted by Gasteiger charge is -2.14. The molecule has 0 aromatic heterocycles. The summed E-state index contributed by atoms with van der Waals surface area (Å²) in [5, 5.41) is 5.96. The van der Waals surface area contributed by atoms with E-state index in [2.05, 4.69) is 10.6 Å². The molecule has 154 valence electrons. The number of benzene rings is 3. The van der Waals surface area contributed by atoms with Crippen LogP contribution < -0.4 is 20.1 Å². The third-order valence-electron chi connectivity index (χ3n) is 4.26. The number of anilines is 2. The highest BCUT2D eigenvalue weighted by Gasteiger charge is 2.17. The number of halogens is 1. The maximum Gasteiger partial charge on any atom is 0.257 e. The summed E-state index contributed by atoms with van der Waals surface area (Å²) in [5.41, 5.74) is 1.53. The number of carbonyl (C=O) groups is 2. The van der Waals surface area contributed by atoms with E-state index in [1.165, 1.54) is 6.07 Å². The molecular formula is C23H21ClN2O4. The van der Waals surface area contributed by atoms with Gasteiger partial charge in [-0.05, 0) is 61.5 Å². The highest BCUT2D eigenvalue weighted by atomic mass is 35.5. The van der Waals surface area contributed by atoms with E-state index in [1.54, 1.807) is 61.7 Å². The number of para-hydroxylation sites is 2. The van der Waals surface area contributed by atoms with Gasteiger partial charge in [0, 0.05) is 10.6 Å². The largest absolute Gasteiger partial charge is 0.497 e. The van der Waals surface area contributed by atoms with Gasteiger partial charge in [-0.25, -0.2) is 0 Å². The highest BCUT2D eigenvalue weighted by Crippen LogP contribution is 2.27. The van der Waals surface area contributed by atoms with Gasteiger partial charge in [0.05, 0.1) is 30.7 Å². The monoisotopic (exact) mass is 424 g/mol. The summed E-state index contributed by atoms with van der Waals surface area (Å²) in [6.07, 6.45) is 0. The molecule has 3 aromatic carbocycles. The van der Waals surface area contributed by atoms with Crippen LogP contribution in [0.5, 0.6) is 11.5 Å². The van der Waals surface area contributed by atoms with Crippen LogP contribution in [0.15, 0.2) is 66.7 Å². The van der Waals surface area contributed by atoms with Gasteiger partial charge in [-0.2, -0.15) is 0 Å². The number of rotatable bonds is 7. The minimum absolute atomic E-state index is 0.232. The molecule has 0 heterocycles. The van der Waals surface area contributed by atoms with Crippen LogP contribution in [0.2, 0.25) is 5.02 Å². The first-order valence-corrected chi connectivity index (χ1v) is 9.67. The van der Waals surface area contributed by atoms with Crippen molar-refractivity contribution in [1.29, 1.82) is 0 Å². The minimum Gasteiger partial charge on any atom is -0.497 e. The zero-order chi connectivity index (χ0) is 21.5. The molecule has 0 aliphatic rings. The molecule has 3 rings (SSSR count). The Kier molecular flexibility index (Phi) is 6.93. The molecule has 0 saturated carbocycles. The van der Waals surface area contributed by atoms with Gasteiger partial charge < -0.3 is 20.1 Å². The quantitative estimate of drug-likeness (QED) is 0.543. The first-order valence-electron chi connectivity index (χ1n) is 9.30. The summed E-state index contributed by atoms with van der Waals surface area (Å²) < 4.78 is 10.7. The van der Waals surface area contributed by atoms with Crippen molar-refractivity contribution >= 4 is 34.8 Å². The Balaban J connectivity index is 1.84. The molecule has 0 aliphatic carbocycles. The van der Waals surface area contributed by atoms with Crippen LogP contribution in [0.1, 0.15) is 27.6 Å². The van der Waals surface area contributed by atoms with Gasteiger partial charge in [0.25, 0.3) is 11.8 Å². The normalized spacial score (nSPS) is 10.2. The topological polar surface area (TPSA) is 76.7 Å². The Hall–Kier alpha value is -3.51. The number of hydrogen-bond donors (Lipinski definition) is 2. The summed E-state index contributed by atoms with van der Waals surface area (Å²) >= 11 is 6.10. The van der Waals surface area contributed by atoms with Crippen LogP contribution >= 0.6 is 11.6 Å². The lowest BCUT2D eigenvalue weighted by atomic mass is 10.1. The van der Waals surface area contributed by atoms with Gasteiger partial charge in [0.1, 0.15) is 11.5 Å². The molecule has 0 aliphatic heterocycles. The maximum absolute atomic E-state index is 13.0. The Bertz CT molecular complexity index is 1050.